The molecule has 0 aromatic heterocycles. The van der Waals surface area contributed by atoms with E-state index in [1.165, 1.54) is 24.3 Å². The number of aldehydes is 2. The molecule has 0 unspecified atom stereocenters. The number of hydrogen-bond acceptors (Lipinski definition) is 4. The third kappa shape index (κ3) is 7.85. The summed E-state index contributed by atoms with van der Waals surface area (Å²) in [7, 11) is 0. The third-order valence-corrected chi connectivity index (χ3v) is 2.09. The summed E-state index contributed by atoms with van der Waals surface area (Å²) >= 11 is 0. The molecule has 4 N–H and O–H groups in total. The van der Waals surface area contributed by atoms with E-state index in [9.17, 15) is 19.8 Å². The van der Waals surface area contributed by atoms with Crippen LogP contribution in [0.5, 0.6) is 11.5 Å². The summed E-state index contributed by atoms with van der Waals surface area (Å²) in [5.74, 6) is -0.431. The fourth-order valence-corrected chi connectivity index (χ4v) is 1.16. The number of carbonyl (C=O) groups is 2. The van der Waals surface area contributed by atoms with Gasteiger partial charge in [-0.1, -0.05) is 60.0 Å². The minimum absolute atomic E-state index is 0. The molecule has 115 valence electrons. The number of benzene rings is 2. The normalized spacial score (nSPS) is 7.62. The van der Waals surface area contributed by atoms with Crippen LogP contribution < -0.4 is 10.2 Å². The van der Waals surface area contributed by atoms with Crippen LogP contribution in [0, 0.1) is 0 Å². The molecule has 0 saturated carbocycles. The van der Waals surface area contributed by atoms with E-state index in [4.69, 9.17) is 0 Å². The zero-order chi connectivity index (χ0) is 13.4. The van der Waals surface area contributed by atoms with Gasteiger partial charge in [-0.2, -0.15) is 0 Å². The molecular formula is C14H14CoO6. The third-order valence-electron chi connectivity index (χ3n) is 2.09. The first-order chi connectivity index (χ1) is 8.69. The van der Waals surface area contributed by atoms with Gasteiger partial charge in [0.2, 0.25) is 0 Å². The standard InChI is InChI=1S/2C7H6O2.Co.2H2O/c2*8-5-6-3-1-2-4-7(6)9;;;/h2*1-5,9H;;2*1H2/q;;+2;;/p-2. The van der Waals surface area contributed by atoms with Crippen LogP contribution in [0.25, 0.3) is 0 Å². The summed E-state index contributed by atoms with van der Waals surface area (Å²) in [6.07, 6.45) is 1.12. The number of hydrogen-bond donors (Lipinski definition) is 0. The number of rotatable bonds is 2. The van der Waals surface area contributed by atoms with E-state index >= 15 is 0 Å². The van der Waals surface area contributed by atoms with Crippen LogP contribution in [-0.2, 0) is 16.8 Å². The quantitative estimate of drug-likeness (QED) is 0.680. The predicted molar refractivity (Wildman–Crippen MR) is 69.8 cm³/mol. The molecule has 2 aromatic carbocycles. The van der Waals surface area contributed by atoms with Gasteiger partial charge in [0.25, 0.3) is 0 Å². The Bertz CT molecular complexity index is 495. The molecule has 0 atom stereocenters. The average Bonchev–Trinajstić information content (AvgIpc) is 2.41. The van der Waals surface area contributed by atoms with Crippen molar-refractivity contribution in [1.82, 2.24) is 0 Å². The summed E-state index contributed by atoms with van der Waals surface area (Å²) < 4.78 is 0. The van der Waals surface area contributed by atoms with Crippen molar-refractivity contribution in [1.29, 1.82) is 0 Å². The minimum Gasteiger partial charge on any atom is -0.872 e. The molecule has 2 aromatic rings. The van der Waals surface area contributed by atoms with Gasteiger partial charge in [0, 0.05) is 11.1 Å². The van der Waals surface area contributed by atoms with Gasteiger partial charge in [0.15, 0.2) is 0 Å². The zero-order valence-electron chi connectivity index (χ0n) is 10.7. The summed E-state index contributed by atoms with van der Waals surface area (Å²) in [5, 5.41) is 21.2. The summed E-state index contributed by atoms with van der Waals surface area (Å²) in [4.78, 5) is 20.1. The van der Waals surface area contributed by atoms with Crippen molar-refractivity contribution in [2.24, 2.45) is 0 Å². The van der Waals surface area contributed by atoms with Crippen molar-refractivity contribution in [2.75, 3.05) is 0 Å². The monoisotopic (exact) mass is 337 g/mol. The van der Waals surface area contributed by atoms with Gasteiger partial charge in [-0.05, 0) is 0 Å². The van der Waals surface area contributed by atoms with Gasteiger partial charge in [-0.3, -0.25) is 9.59 Å². The maximum atomic E-state index is 10.6. The Labute approximate surface area is 131 Å². The van der Waals surface area contributed by atoms with Gasteiger partial charge in [-0.15, -0.1) is 0 Å². The van der Waals surface area contributed by atoms with Crippen molar-refractivity contribution in [3.05, 3.63) is 59.7 Å². The van der Waals surface area contributed by atoms with Crippen LogP contribution in [0.3, 0.4) is 0 Å². The Morgan fingerprint density at radius 3 is 1.14 bits per heavy atom. The van der Waals surface area contributed by atoms with Crippen LogP contribution in [0.1, 0.15) is 20.7 Å². The molecule has 2 rings (SSSR count). The first-order valence-corrected chi connectivity index (χ1v) is 5.11. The molecule has 21 heavy (non-hydrogen) atoms. The molecule has 0 amide bonds. The van der Waals surface area contributed by atoms with Crippen LogP contribution in [-0.4, -0.2) is 23.5 Å². The van der Waals surface area contributed by atoms with Gasteiger partial charge in [0.05, 0.1) is 0 Å². The van der Waals surface area contributed by atoms with Gasteiger partial charge < -0.3 is 21.2 Å². The van der Waals surface area contributed by atoms with Crippen molar-refractivity contribution < 1.29 is 47.5 Å². The van der Waals surface area contributed by atoms with Crippen molar-refractivity contribution in [2.45, 2.75) is 0 Å². The second-order valence-corrected chi connectivity index (χ2v) is 3.31. The van der Waals surface area contributed by atoms with Gasteiger partial charge in [-0.25, -0.2) is 0 Å². The fourth-order valence-electron chi connectivity index (χ4n) is 1.16. The molecule has 7 heteroatoms. The van der Waals surface area contributed by atoms with E-state index in [1.54, 1.807) is 24.3 Å². The summed E-state index contributed by atoms with van der Waals surface area (Å²) in [5.41, 5.74) is 0.440. The zero-order valence-corrected chi connectivity index (χ0v) is 11.8. The van der Waals surface area contributed by atoms with E-state index in [1.807, 2.05) is 0 Å². The van der Waals surface area contributed by atoms with Crippen LogP contribution in [0.2, 0.25) is 0 Å². The molecule has 0 fully saturated rings. The molecule has 0 aliphatic carbocycles. The fraction of sp³-hybridized carbons (Fsp3) is 0. The SMILES string of the molecule is O.O.O=Cc1ccccc1[O-].O=Cc1ccccc1[O-].[Co+2]. The summed E-state index contributed by atoms with van der Waals surface area (Å²) in [6.45, 7) is 0. The van der Waals surface area contributed by atoms with Gasteiger partial charge >= 0.3 is 16.8 Å². The first-order valence-electron chi connectivity index (χ1n) is 5.11. The van der Waals surface area contributed by atoms with Gasteiger partial charge in [0.1, 0.15) is 12.6 Å². The Kier molecular flexibility index (Phi) is 14.6. The molecule has 0 aliphatic heterocycles. The van der Waals surface area contributed by atoms with Crippen molar-refractivity contribution in [3.63, 3.8) is 0 Å². The molecule has 0 spiro atoms. The molecule has 1 radical (unpaired) electrons. The number of carbonyl (C=O) groups excluding carboxylic acids is 2. The maximum absolute atomic E-state index is 10.6. The van der Waals surface area contributed by atoms with Crippen LogP contribution in [0.4, 0.5) is 0 Å². The average molecular weight is 337 g/mol. The maximum Gasteiger partial charge on any atom is 2.00 e. The largest absolute Gasteiger partial charge is 2.00 e. The van der Waals surface area contributed by atoms with E-state index in [0.717, 1.165) is 0 Å². The Morgan fingerprint density at radius 2 is 0.952 bits per heavy atom. The second-order valence-electron chi connectivity index (χ2n) is 3.31. The first kappa shape index (κ1) is 23.9. The van der Waals surface area contributed by atoms with Crippen molar-refractivity contribution >= 4 is 12.6 Å². The van der Waals surface area contributed by atoms with E-state index in [-0.39, 0.29) is 50.4 Å². The topological polar surface area (TPSA) is 143 Å². The Balaban J connectivity index is -0.000000270. The molecule has 0 heterocycles. The number of para-hydroxylation sites is 2. The van der Waals surface area contributed by atoms with E-state index < -0.39 is 0 Å². The van der Waals surface area contributed by atoms with Crippen LogP contribution in [0.15, 0.2) is 48.5 Å². The molecule has 0 bridgehead atoms. The van der Waals surface area contributed by atoms with E-state index in [2.05, 4.69) is 0 Å². The predicted octanol–water partition coefficient (Wildman–Crippen LogP) is -0.507. The molecular weight excluding hydrogens is 323 g/mol. The Hall–Kier alpha value is -2.19. The molecule has 0 aliphatic rings. The van der Waals surface area contributed by atoms with Crippen LogP contribution >= 0.6 is 0 Å². The van der Waals surface area contributed by atoms with Crippen molar-refractivity contribution in [3.8, 4) is 11.5 Å². The molecule has 0 saturated heterocycles. The smallest absolute Gasteiger partial charge is 0.872 e. The minimum atomic E-state index is -0.215. The van der Waals surface area contributed by atoms with E-state index in [0.29, 0.717) is 12.6 Å². The molecule has 6 nitrogen and oxygen atoms in total. The summed E-state index contributed by atoms with van der Waals surface area (Å²) in [6, 6.07) is 12.2. The Morgan fingerprint density at radius 1 is 0.667 bits per heavy atom. The second kappa shape index (κ2) is 12.8.